The van der Waals surface area contributed by atoms with Crippen molar-refractivity contribution >= 4 is 6.03 Å². The third kappa shape index (κ3) is 5.21. The lowest BCUT2D eigenvalue weighted by atomic mass is 10.2. The van der Waals surface area contributed by atoms with E-state index in [1.165, 1.54) is 23.1 Å². The van der Waals surface area contributed by atoms with Crippen molar-refractivity contribution in [1.29, 1.82) is 0 Å². The number of urea groups is 1. The number of halogens is 3. The number of amides is 2. The number of fused-ring (bicyclic) bond motifs is 1. The Morgan fingerprint density at radius 1 is 1.14 bits per heavy atom. The van der Waals surface area contributed by atoms with Crippen LogP contribution in [0.5, 0.6) is 17.2 Å². The average molecular weight is 396 g/mol. The minimum atomic E-state index is -4.80. The van der Waals surface area contributed by atoms with Crippen LogP contribution in [0.2, 0.25) is 0 Å². The number of carbonyl (C=O) groups is 1. The Hall–Kier alpha value is -3.10. The Kier molecular flexibility index (Phi) is 5.81. The van der Waals surface area contributed by atoms with E-state index < -0.39 is 12.4 Å². The molecular formula is C19H19F3N2O4. The van der Waals surface area contributed by atoms with Crippen LogP contribution in [0, 0.1) is 0 Å². The highest BCUT2D eigenvalue weighted by Gasteiger charge is 2.32. The normalized spacial score (nSPS) is 13.0. The summed E-state index contributed by atoms with van der Waals surface area (Å²) in [5.74, 6) is 0.934. The van der Waals surface area contributed by atoms with Gasteiger partial charge in [-0.3, -0.25) is 0 Å². The number of nitrogens with one attached hydrogen (secondary N) is 1. The summed E-state index contributed by atoms with van der Waals surface area (Å²) in [5.41, 5.74) is 1.06. The molecule has 6 nitrogen and oxygen atoms in total. The Labute approximate surface area is 159 Å². The van der Waals surface area contributed by atoms with Gasteiger partial charge in [-0.25, -0.2) is 4.79 Å². The van der Waals surface area contributed by atoms with Crippen molar-refractivity contribution in [3.63, 3.8) is 0 Å². The van der Waals surface area contributed by atoms with Crippen LogP contribution in [0.3, 0.4) is 0 Å². The molecule has 0 saturated carbocycles. The van der Waals surface area contributed by atoms with Gasteiger partial charge in [0.1, 0.15) is 19.0 Å². The van der Waals surface area contributed by atoms with Gasteiger partial charge >= 0.3 is 12.4 Å². The van der Waals surface area contributed by atoms with E-state index in [4.69, 9.17) is 9.47 Å². The third-order valence-electron chi connectivity index (χ3n) is 4.00. The average Bonchev–Trinajstić information content (AvgIpc) is 2.65. The van der Waals surface area contributed by atoms with Gasteiger partial charge in [0.2, 0.25) is 0 Å². The summed E-state index contributed by atoms with van der Waals surface area (Å²) in [7, 11) is 1.59. The van der Waals surface area contributed by atoms with Crippen LogP contribution >= 0.6 is 0 Å². The number of nitrogens with zero attached hydrogens (tertiary/aromatic N) is 1. The zero-order valence-electron chi connectivity index (χ0n) is 15.1. The smallest absolute Gasteiger partial charge is 0.486 e. The fraction of sp³-hybridized carbons (Fsp3) is 0.316. The summed E-state index contributed by atoms with van der Waals surface area (Å²) in [4.78, 5) is 13.7. The number of alkyl halides is 3. The lowest BCUT2D eigenvalue weighted by Gasteiger charge is -2.21. The molecule has 0 aliphatic carbocycles. The van der Waals surface area contributed by atoms with E-state index in [1.807, 2.05) is 6.07 Å². The fourth-order valence-electron chi connectivity index (χ4n) is 2.71. The molecule has 2 amide bonds. The van der Waals surface area contributed by atoms with Crippen molar-refractivity contribution < 1.29 is 32.2 Å². The quantitative estimate of drug-likeness (QED) is 0.837. The highest BCUT2D eigenvalue weighted by Crippen LogP contribution is 2.31. The van der Waals surface area contributed by atoms with Gasteiger partial charge in [0.05, 0.1) is 0 Å². The molecule has 0 unspecified atom stereocenters. The minimum Gasteiger partial charge on any atom is -0.486 e. The van der Waals surface area contributed by atoms with Gasteiger partial charge in [-0.1, -0.05) is 24.3 Å². The molecular weight excluding hydrogens is 377 g/mol. The molecule has 0 aromatic heterocycles. The van der Waals surface area contributed by atoms with Crippen LogP contribution < -0.4 is 19.5 Å². The summed E-state index contributed by atoms with van der Waals surface area (Å²) in [5, 5.41) is 2.59. The molecule has 2 aromatic rings. The molecule has 1 heterocycles. The Balaban J connectivity index is 1.58. The molecule has 1 aliphatic rings. The van der Waals surface area contributed by atoms with E-state index in [0.717, 1.165) is 5.56 Å². The molecule has 2 aromatic carbocycles. The van der Waals surface area contributed by atoms with Crippen molar-refractivity contribution in [3.05, 3.63) is 53.6 Å². The number of rotatable bonds is 5. The van der Waals surface area contributed by atoms with E-state index in [1.54, 1.807) is 25.2 Å². The van der Waals surface area contributed by atoms with Crippen LogP contribution in [0.25, 0.3) is 0 Å². The second-order valence-electron chi connectivity index (χ2n) is 6.15. The van der Waals surface area contributed by atoms with E-state index >= 15 is 0 Å². The first-order valence-electron chi connectivity index (χ1n) is 8.53. The van der Waals surface area contributed by atoms with Gasteiger partial charge in [0, 0.05) is 25.7 Å². The van der Waals surface area contributed by atoms with Gasteiger partial charge < -0.3 is 24.4 Å². The lowest BCUT2D eigenvalue weighted by molar-refractivity contribution is -0.274. The van der Waals surface area contributed by atoms with Crippen molar-refractivity contribution in [2.75, 3.05) is 20.3 Å². The zero-order chi connectivity index (χ0) is 20.1. The molecule has 0 saturated heterocycles. The lowest BCUT2D eigenvalue weighted by Crippen LogP contribution is -2.36. The second kappa shape index (κ2) is 8.28. The number of benzene rings is 2. The monoisotopic (exact) mass is 396 g/mol. The highest BCUT2D eigenvalue weighted by atomic mass is 19.4. The summed E-state index contributed by atoms with van der Waals surface area (Å²) < 4.78 is 52.4. The number of hydrogen-bond acceptors (Lipinski definition) is 4. The minimum absolute atomic E-state index is 0.101. The van der Waals surface area contributed by atoms with Crippen LogP contribution in [0.1, 0.15) is 11.1 Å². The summed E-state index contributed by atoms with van der Waals surface area (Å²) >= 11 is 0. The largest absolute Gasteiger partial charge is 0.573 e. The molecule has 150 valence electrons. The SMILES string of the molecule is CN(Cc1ccc2c(c1)OCCO2)C(=O)NCc1ccccc1OC(F)(F)F. The maximum absolute atomic E-state index is 12.5. The van der Waals surface area contributed by atoms with E-state index in [2.05, 4.69) is 10.1 Å². The Bertz CT molecular complexity index is 842. The number of para-hydroxylation sites is 1. The van der Waals surface area contributed by atoms with Gasteiger partial charge in [-0.05, 0) is 23.8 Å². The number of ether oxygens (including phenoxy) is 3. The molecule has 0 atom stereocenters. The van der Waals surface area contributed by atoms with Crippen LogP contribution in [-0.2, 0) is 13.1 Å². The zero-order valence-corrected chi connectivity index (χ0v) is 15.1. The Morgan fingerprint density at radius 2 is 1.86 bits per heavy atom. The molecule has 1 N–H and O–H groups in total. The molecule has 0 bridgehead atoms. The molecule has 1 aliphatic heterocycles. The highest BCUT2D eigenvalue weighted by molar-refractivity contribution is 5.74. The Morgan fingerprint density at radius 3 is 2.61 bits per heavy atom. The summed E-state index contributed by atoms with van der Waals surface area (Å²) in [6.45, 7) is 1.15. The number of carbonyl (C=O) groups excluding carboxylic acids is 1. The molecule has 0 radical (unpaired) electrons. The summed E-state index contributed by atoms with van der Waals surface area (Å²) in [6, 6.07) is 10.6. The van der Waals surface area contributed by atoms with E-state index in [9.17, 15) is 18.0 Å². The first-order chi connectivity index (χ1) is 13.3. The molecule has 0 fully saturated rings. The second-order valence-corrected chi connectivity index (χ2v) is 6.15. The molecule has 0 spiro atoms. The maximum atomic E-state index is 12.5. The standard InChI is InChI=1S/C19H19F3N2O4/c1-24(12-13-6-7-16-17(10-13)27-9-8-26-16)18(25)23-11-14-4-2-3-5-15(14)28-19(20,21)22/h2-7,10H,8-9,11-12H2,1H3,(H,23,25). The van der Waals surface area contributed by atoms with Crippen LogP contribution in [-0.4, -0.2) is 37.6 Å². The van der Waals surface area contributed by atoms with Gasteiger partial charge in [-0.15, -0.1) is 13.2 Å². The topological polar surface area (TPSA) is 60.0 Å². The van der Waals surface area contributed by atoms with Crippen molar-refractivity contribution in [2.24, 2.45) is 0 Å². The van der Waals surface area contributed by atoms with Crippen LogP contribution in [0.15, 0.2) is 42.5 Å². The molecule has 3 rings (SSSR count). The first kappa shape index (κ1) is 19.7. The molecule has 9 heteroatoms. The van der Waals surface area contributed by atoms with Crippen LogP contribution in [0.4, 0.5) is 18.0 Å². The van der Waals surface area contributed by atoms with Crippen molar-refractivity contribution in [2.45, 2.75) is 19.5 Å². The third-order valence-corrected chi connectivity index (χ3v) is 4.00. The maximum Gasteiger partial charge on any atom is 0.573 e. The van der Waals surface area contributed by atoms with Gasteiger partial charge in [0.15, 0.2) is 11.5 Å². The predicted molar refractivity (Wildman–Crippen MR) is 94.3 cm³/mol. The summed E-state index contributed by atoms with van der Waals surface area (Å²) in [6.07, 6.45) is -4.80. The van der Waals surface area contributed by atoms with Gasteiger partial charge in [0.25, 0.3) is 0 Å². The first-order valence-corrected chi connectivity index (χ1v) is 8.53. The van der Waals surface area contributed by atoms with Crippen molar-refractivity contribution in [1.82, 2.24) is 10.2 Å². The predicted octanol–water partition coefficient (Wildman–Crippen LogP) is 3.70. The van der Waals surface area contributed by atoms with E-state index in [-0.39, 0.29) is 17.9 Å². The fourth-order valence-corrected chi connectivity index (χ4v) is 2.71. The molecule has 28 heavy (non-hydrogen) atoms. The number of hydrogen-bond donors (Lipinski definition) is 1. The van der Waals surface area contributed by atoms with Crippen molar-refractivity contribution in [3.8, 4) is 17.2 Å². The van der Waals surface area contributed by atoms with Gasteiger partial charge in [-0.2, -0.15) is 0 Å². The van der Waals surface area contributed by atoms with E-state index in [0.29, 0.717) is 31.3 Å².